The number of nitrogens with two attached hydrogens (primary N) is 1. The van der Waals surface area contributed by atoms with Gasteiger partial charge in [0.1, 0.15) is 5.82 Å². The van der Waals surface area contributed by atoms with Crippen molar-refractivity contribution in [3.63, 3.8) is 0 Å². The Hall–Kier alpha value is -1.03. The molecule has 0 saturated heterocycles. The van der Waals surface area contributed by atoms with Crippen LogP contribution in [-0.2, 0) is 6.54 Å². The summed E-state index contributed by atoms with van der Waals surface area (Å²) in [5, 5.41) is 6.87. The number of H-pyrrole nitrogens is 1. The zero-order valence-corrected chi connectivity index (χ0v) is 8.66. The Labute approximate surface area is 84.5 Å². The van der Waals surface area contributed by atoms with Crippen LogP contribution in [0.1, 0.15) is 31.4 Å². The molecule has 1 aromatic heterocycles. The Bertz CT molecular complexity index is 288. The van der Waals surface area contributed by atoms with Gasteiger partial charge in [0.2, 0.25) is 0 Å². The van der Waals surface area contributed by atoms with Crippen molar-refractivity contribution in [2.75, 3.05) is 12.8 Å². The standard InChI is InChI=1S/C10H18N4/c1-14(9-4-2-3-5-9)7-8-6-10(11)13-12-8/h6,9H,2-5,7H2,1H3,(H3,11,12,13). The number of aromatic nitrogens is 2. The number of nitrogens with one attached hydrogen (secondary N) is 1. The van der Waals surface area contributed by atoms with E-state index in [0.717, 1.165) is 18.3 Å². The predicted molar refractivity (Wildman–Crippen MR) is 56.7 cm³/mol. The molecule has 0 spiro atoms. The molecule has 0 radical (unpaired) electrons. The lowest BCUT2D eigenvalue weighted by atomic mass is 10.2. The van der Waals surface area contributed by atoms with Crippen LogP contribution in [0.3, 0.4) is 0 Å². The van der Waals surface area contributed by atoms with E-state index in [2.05, 4.69) is 22.1 Å². The molecule has 0 aliphatic heterocycles. The highest BCUT2D eigenvalue weighted by Gasteiger charge is 2.19. The molecule has 0 aromatic carbocycles. The van der Waals surface area contributed by atoms with Crippen molar-refractivity contribution in [2.45, 2.75) is 38.3 Å². The molecule has 1 saturated carbocycles. The lowest BCUT2D eigenvalue weighted by Crippen LogP contribution is -2.28. The summed E-state index contributed by atoms with van der Waals surface area (Å²) in [6, 6.07) is 2.66. The van der Waals surface area contributed by atoms with Gasteiger partial charge < -0.3 is 5.73 Å². The van der Waals surface area contributed by atoms with Gasteiger partial charge in [0.15, 0.2) is 0 Å². The highest BCUT2D eigenvalue weighted by atomic mass is 15.2. The average Bonchev–Trinajstić information content (AvgIpc) is 2.75. The van der Waals surface area contributed by atoms with Gasteiger partial charge in [0.05, 0.1) is 5.69 Å². The molecule has 4 heteroatoms. The smallest absolute Gasteiger partial charge is 0.145 e. The average molecular weight is 194 g/mol. The molecule has 78 valence electrons. The largest absolute Gasteiger partial charge is 0.382 e. The second kappa shape index (κ2) is 4.00. The fraction of sp³-hybridized carbons (Fsp3) is 0.700. The lowest BCUT2D eigenvalue weighted by molar-refractivity contribution is 0.234. The van der Waals surface area contributed by atoms with Crippen LogP contribution in [0.25, 0.3) is 0 Å². The Morgan fingerprint density at radius 2 is 2.29 bits per heavy atom. The minimum atomic E-state index is 0.583. The van der Waals surface area contributed by atoms with Crippen molar-refractivity contribution in [3.8, 4) is 0 Å². The van der Waals surface area contributed by atoms with E-state index in [-0.39, 0.29) is 0 Å². The first-order valence-corrected chi connectivity index (χ1v) is 5.25. The quantitative estimate of drug-likeness (QED) is 0.764. The summed E-state index contributed by atoms with van der Waals surface area (Å²) in [5.41, 5.74) is 6.66. The van der Waals surface area contributed by atoms with Gasteiger partial charge in [0, 0.05) is 18.7 Å². The summed E-state index contributed by atoms with van der Waals surface area (Å²) in [6.07, 6.45) is 5.42. The van der Waals surface area contributed by atoms with Crippen LogP contribution in [-0.4, -0.2) is 28.2 Å². The maximum absolute atomic E-state index is 5.55. The van der Waals surface area contributed by atoms with Crippen molar-refractivity contribution in [1.82, 2.24) is 15.1 Å². The van der Waals surface area contributed by atoms with Gasteiger partial charge in [-0.1, -0.05) is 12.8 Å². The Kier molecular flexibility index (Phi) is 2.72. The van der Waals surface area contributed by atoms with Gasteiger partial charge in [-0.15, -0.1) is 0 Å². The number of nitrogen functional groups attached to an aromatic ring is 1. The normalized spacial score (nSPS) is 18.1. The minimum absolute atomic E-state index is 0.583. The Balaban J connectivity index is 1.90. The number of hydrogen-bond donors (Lipinski definition) is 2. The van der Waals surface area contributed by atoms with Crippen molar-refractivity contribution in [3.05, 3.63) is 11.8 Å². The summed E-state index contributed by atoms with van der Waals surface area (Å²) >= 11 is 0. The molecule has 1 aromatic rings. The summed E-state index contributed by atoms with van der Waals surface area (Å²) < 4.78 is 0. The first-order chi connectivity index (χ1) is 6.75. The van der Waals surface area contributed by atoms with Crippen LogP contribution >= 0.6 is 0 Å². The third-order valence-corrected chi connectivity index (χ3v) is 3.02. The second-order valence-corrected chi connectivity index (χ2v) is 4.17. The van der Waals surface area contributed by atoms with Gasteiger partial charge >= 0.3 is 0 Å². The fourth-order valence-electron chi connectivity index (χ4n) is 2.20. The summed E-state index contributed by atoms with van der Waals surface area (Å²) in [6.45, 7) is 0.925. The Morgan fingerprint density at radius 3 is 2.86 bits per heavy atom. The van der Waals surface area contributed by atoms with E-state index in [1.165, 1.54) is 25.7 Å². The second-order valence-electron chi connectivity index (χ2n) is 4.17. The molecule has 3 N–H and O–H groups in total. The van der Waals surface area contributed by atoms with E-state index in [0.29, 0.717) is 5.82 Å². The van der Waals surface area contributed by atoms with Gasteiger partial charge in [-0.25, -0.2) is 0 Å². The molecule has 0 atom stereocenters. The highest BCUT2D eigenvalue weighted by molar-refractivity contribution is 5.28. The summed E-state index contributed by atoms with van der Waals surface area (Å²) in [4.78, 5) is 2.39. The van der Waals surface area contributed by atoms with Crippen molar-refractivity contribution >= 4 is 5.82 Å². The topological polar surface area (TPSA) is 57.9 Å². The molecule has 14 heavy (non-hydrogen) atoms. The maximum atomic E-state index is 5.55. The van der Waals surface area contributed by atoms with Crippen molar-refractivity contribution < 1.29 is 0 Å². The van der Waals surface area contributed by atoms with E-state index >= 15 is 0 Å². The van der Waals surface area contributed by atoms with Crippen molar-refractivity contribution in [1.29, 1.82) is 0 Å². The highest BCUT2D eigenvalue weighted by Crippen LogP contribution is 2.23. The van der Waals surface area contributed by atoms with E-state index in [9.17, 15) is 0 Å². The summed E-state index contributed by atoms with van der Waals surface area (Å²) in [7, 11) is 2.17. The van der Waals surface area contributed by atoms with Gasteiger partial charge in [-0.05, 0) is 19.9 Å². The van der Waals surface area contributed by atoms with E-state index < -0.39 is 0 Å². The molecular formula is C10H18N4. The van der Waals surface area contributed by atoms with Crippen LogP contribution in [0.15, 0.2) is 6.07 Å². The van der Waals surface area contributed by atoms with Crippen LogP contribution in [0.4, 0.5) is 5.82 Å². The summed E-state index contributed by atoms with van der Waals surface area (Å²) in [5.74, 6) is 0.583. The Morgan fingerprint density at radius 1 is 1.57 bits per heavy atom. The fourth-order valence-corrected chi connectivity index (χ4v) is 2.20. The number of hydrogen-bond acceptors (Lipinski definition) is 3. The number of aromatic amines is 1. The minimum Gasteiger partial charge on any atom is -0.382 e. The molecular weight excluding hydrogens is 176 g/mol. The van der Waals surface area contributed by atoms with Gasteiger partial charge in [-0.2, -0.15) is 5.10 Å². The van der Waals surface area contributed by atoms with Crippen LogP contribution < -0.4 is 5.73 Å². The first kappa shape index (κ1) is 9.52. The van der Waals surface area contributed by atoms with E-state index in [1.54, 1.807) is 0 Å². The van der Waals surface area contributed by atoms with Crippen LogP contribution in [0.2, 0.25) is 0 Å². The third-order valence-electron chi connectivity index (χ3n) is 3.02. The molecule has 0 bridgehead atoms. The first-order valence-electron chi connectivity index (χ1n) is 5.25. The SMILES string of the molecule is CN(Cc1cc(N)n[nH]1)C1CCCC1. The molecule has 4 nitrogen and oxygen atoms in total. The molecule has 0 unspecified atom stereocenters. The zero-order chi connectivity index (χ0) is 9.97. The van der Waals surface area contributed by atoms with Crippen LogP contribution in [0.5, 0.6) is 0 Å². The lowest BCUT2D eigenvalue weighted by Gasteiger charge is -2.22. The third kappa shape index (κ3) is 2.07. The number of rotatable bonds is 3. The molecule has 1 fully saturated rings. The number of nitrogens with zero attached hydrogens (tertiary/aromatic N) is 2. The van der Waals surface area contributed by atoms with Crippen LogP contribution in [0, 0.1) is 0 Å². The molecule has 1 aliphatic carbocycles. The maximum Gasteiger partial charge on any atom is 0.145 e. The van der Waals surface area contributed by atoms with E-state index in [4.69, 9.17) is 5.73 Å². The van der Waals surface area contributed by atoms with Gasteiger partial charge in [-0.3, -0.25) is 10.00 Å². The van der Waals surface area contributed by atoms with Gasteiger partial charge in [0.25, 0.3) is 0 Å². The predicted octanol–water partition coefficient (Wildman–Crippen LogP) is 1.37. The molecule has 1 aliphatic rings. The molecule has 0 amide bonds. The molecule has 1 heterocycles. The zero-order valence-electron chi connectivity index (χ0n) is 8.66. The molecule has 2 rings (SSSR count). The number of anilines is 1. The van der Waals surface area contributed by atoms with Crippen molar-refractivity contribution in [2.24, 2.45) is 0 Å². The monoisotopic (exact) mass is 194 g/mol. The van der Waals surface area contributed by atoms with E-state index in [1.807, 2.05) is 6.07 Å².